The summed E-state index contributed by atoms with van der Waals surface area (Å²) in [6.45, 7) is 0.680. The van der Waals surface area contributed by atoms with Crippen molar-refractivity contribution in [3.8, 4) is 0 Å². The third-order valence-electron chi connectivity index (χ3n) is 1.97. The lowest BCUT2D eigenvalue weighted by atomic mass is 10.2. The highest BCUT2D eigenvalue weighted by molar-refractivity contribution is 7.99. The summed E-state index contributed by atoms with van der Waals surface area (Å²) in [7, 11) is 1.50. The molecular weight excluding hydrogens is 274 g/mol. The third kappa shape index (κ3) is 10.3. The number of thioether (sulfide) groups is 1. The van der Waals surface area contributed by atoms with Crippen molar-refractivity contribution in [1.82, 2.24) is 10.6 Å². The molecule has 0 aliphatic heterocycles. The van der Waals surface area contributed by atoms with Crippen LogP contribution < -0.4 is 16.4 Å². The summed E-state index contributed by atoms with van der Waals surface area (Å²) >= 11 is 1.22. The average molecular weight is 293 g/mol. The maximum absolute atomic E-state index is 11.3. The van der Waals surface area contributed by atoms with Crippen LogP contribution in [0.4, 0.5) is 4.79 Å². The summed E-state index contributed by atoms with van der Waals surface area (Å²) in [5, 5.41) is 13.1. The Hall–Kier alpha value is -1.32. The van der Waals surface area contributed by atoms with Gasteiger partial charge in [0.15, 0.2) is 0 Å². The second kappa shape index (κ2) is 10.6. The van der Waals surface area contributed by atoms with E-state index in [2.05, 4.69) is 10.6 Å². The fourth-order valence-electron chi connectivity index (χ4n) is 0.972. The second-order valence-corrected chi connectivity index (χ2v) is 4.69. The predicted octanol–water partition coefficient (Wildman–Crippen LogP) is -1.01. The number of carbonyl (C=O) groups excluding carboxylic acids is 2. The number of nitrogens with two attached hydrogens (primary N) is 1. The second-order valence-electron chi connectivity index (χ2n) is 3.58. The molecule has 0 aliphatic rings. The Balaban J connectivity index is 3.59. The topological polar surface area (TPSA) is 131 Å². The minimum Gasteiger partial charge on any atom is -0.480 e. The molecule has 0 aliphatic carbocycles. The van der Waals surface area contributed by atoms with E-state index < -0.39 is 23.9 Å². The molecule has 3 amide bonds. The molecule has 19 heavy (non-hydrogen) atoms. The molecule has 1 unspecified atom stereocenters. The molecule has 0 heterocycles. The van der Waals surface area contributed by atoms with E-state index in [4.69, 9.17) is 15.6 Å². The summed E-state index contributed by atoms with van der Waals surface area (Å²) in [4.78, 5) is 32.9. The van der Waals surface area contributed by atoms with E-state index in [-0.39, 0.29) is 12.2 Å². The normalized spacial score (nSPS) is 11.7. The van der Waals surface area contributed by atoms with Crippen molar-refractivity contribution in [2.24, 2.45) is 5.73 Å². The molecule has 8 nitrogen and oxygen atoms in total. The molecule has 0 bridgehead atoms. The van der Waals surface area contributed by atoms with Crippen LogP contribution in [0.5, 0.6) is 0 Å². The number of aliphatic carboxylic acids is 1. The lowest BCUT2D eigenvalue weighted by molar-refractivity contribution is -0.138. The maximum Gasteiger partial charge on any atom is 0.321 e. The van der Waals surface area contributed by atoms with Crippen molar-refractivity contribution in [3.05, 3.63) is 0 Å². The molecule has 0 spiro atoms. The summed E-state index contributed by atoms with van der Waals surface area (Å²) in [5.41, 5.74) is 5.29. The minimum absolute atomic E-state index is 0.0734. The van der Waals surface area contributed by atoms with Gasteiger partial charge in [-0.15, -0.1) is 0 Å². The fourth-order valence-corrected chi connectivity index (χ4v) is 1.79. The first-order valence-corrected chi connectivity index (χ1v) is 6.75. The van der Waals surface area contributed by atoms with Gasteiger partial charge < -0.3 is 20.9 Å². The van der Waals surface area contributed by atoms with Gasteiger partial charge in [0.2, 0.25) is 5.91 Å². The number of hydrogen-bond donors (Lipinski definition) is 4. The molecule has 0 rings (SSSR count). The Bertz CT molecular complexity index is 314. The van der Waals surface area contributed by atoms with Crippen LogP contribution in [0.1, 0.15) is 6.42 Å². The Labute approximate surface area is 115 Å². The largest absolute Gasteiger partial charge is 0.480 e. The summed E-state index contributed by atoms with van der Waals surface area (Å²) < 4.78 is 4.73. The zero-order chi connectivity index (χ0) is 14.7. The number of carboxylic acid groups (broad SMARTS) is 1. The molecule has 9 heteroatoms. The van der Waals surface area contributed by atoms with Gasteiger partial charge in [0.1, 0.15) is 6.04 Å². The predicted molar refractivity (Wildman–Crippen MR) is 71.0 cm³/mol. The van der Waals surface area contributed by atoms with Crippen LogP contribution in [-0.2, 0) is 14.3 Å². The van der Waals surface area contributed by atoms with Gasteiger partial charge in [-0.3, -0.25) is 14.9 Å². The molecular formula is C10H19N3O5S. The number of hydrogen-bond acceptors (Lipinski definition) is 6. The average Bonchev–Trinajstić information content (AvgIpc) is 2.34. The highest BCUT2D eigenvalue weighted by atomic mass is 32.2. The van der Waals surface area contributed by atoms with Crippen LogP contribution >= 0.6 is 11.8 Å². The Morgan fingerprint density at radius 2 is 2.11 bits per heavy atom. The van der Waals surface area contributed by atoms with E-state index in [9.17, 15) is 14.4 Å². The van der Waals surface area contributed by atoms with Gasteiger partial charge in [0.25, 0.3) is 0 Å². The van der Waals surface area contributed by atoms with Crippen molar-refractivity contribution in [2.45, 2.75) is 12.5 Å². The lowest BCUT2D eigenvalue weighted by Gasteiger charge is -2.07. The van der Waals surface area contributed by atoms with Gasteiger partial charge >= 0.3 is 12.0 Å². The van der Waals surface area contributed by atoms with E-state index in [1.165, 1.54) is 18.9 Å². The van der Waals surface area contributed by atoms with Crippen LogP contribution in [0.25, 0.3) is 0 Å². The van der Waals surface area contributed by atoms with E-state index in [0.29, 0.717) is 18.9 Å². The molecule has 0 saturated heterocycles. The number of carboxylic acids is 1. The van der Waals surface area contributed by atoms with Crippen LogP contribution in [0, 0.1) is 0 Å². The number of nitrogens with one attached hydrogen (secondary N) is 2. The van der Waals surface area contributed by atoms with Gasteiger partial charge in [-0.25, -0.2) is 4.79 Å². The summed E-state index contributed by atoms with van der Waals surface area (Å²) in [5.74, 6) is -0.998. The number of carbonyl (C=O) groups is 3. The van der Waals surface area contributed by atoms with Crippen molar-refractivity contribution >= 4 is 29.7 Å². The zero-order valence-electron chi connectivity index (χ0n) is 10.7. The van der Waals surface area contributed by atoms with E-state index >= 15 is 0 Å². The Morgan fingerprint density at radius 1 is 1.42 bits per heavy atom. The third-order valence-corrected chi connectivity index (χ3v) is 2.96. The molecule has 1 atom stereocenters. The van der Waals surface area contributed by atoms with Crippen LogP contribution in [0.2, 0.25) is 0 Å². The highest BCUT2D eigenvalue weighted by Gasteiger charge is 2.11. The van der Waals surface area contributed by atoms with Gasteiger partial charge in [0.05, 0.1) is 12.4 Å². The summed E-state index contributed by atoms with van der Waals surface area (Å²) in [6, 6.07) is -1.50. The molecule has 0 aromatic rings. The van der Waals surface area contributed by atoms with Gasteiger partial charge in [-0.2, -0.15) is 11.8 Å². The Morgan fingerprint density at radius 3 is 2.68 bits per heavy atom. The number of imide groups is 1. The number of ether oxygens (including phenoxy) is 1. The zero-order valence-corrected chi connectivity index (χ0v) is 11.5. The quantitative estimate of drug-likeness (QED) is 0.401. The number of amides is 3. The SMILES string of the molecule is COCCNC(=O)NC(=O)CSCCC(N)C(=O)O. The van der Waals surface area contributed by atoms with Crippen LogP contribution in [-0.4, -0.2) is 60.8 Å². The van der Waals surface area contributed by atoms with Crippen molar-refractivity contribution in [1.29, 1.82) is 0 Å². The molecule has 0 saturated carbocycles. The molecule has 0 radical (unpaired) electrons. The molecule has 5 N–H and O–H groups in total. The highest BCUT2D eigenvalue weighted by Crippen LogP contribution is 2.03. The van der Waals surface area contributed by atoms with Crippen molar-refractivity contribution in [2.75, 3.05) is 31.8 Å². The Kier molecular flexibility index (Phi) is 9.85. The number of rotatable bonds is 9. The van der Waals surface area contributed by atoms with Crippen LogP contribution in [0.15, 0.2) is 0 Å². The van der Waals surface area contributed by atoms with Gasteiger partial charge in [-0.05, 0) is 12.2 Å². The van der Waals surface area contributed by atoms with Gasteiger partial charge in [-0.1, -0.05) is 0 Å². The molecule has 0 fully saturated rings. The molecule has 0 aromatic heterocycles. The van der Waals surface area contributed by atoms with Crippen LogP contribution in [0.3, 0.4) is 0 Å². The number of urea groups is 1. The molecule has 0 aromatic carbocycles. The standard InChI is InChI=1S/C10H19N3O5S/c1-18-4-3-12-10(17)13-8(14)6-19-5-2-7(11)9(15)16/h7H,2-6,11H2,1H3,(H,15,16)(H2,12,13,14,17). The summed E-state index contributed by atoms with van der Waals surface area (Å²) in [6.07, 6.45) is 0.271. The van der Waals surface area contributed by atoms with E-state index in [0.717, 1.165) is 0 Å². The fraction of sp³-hybridized carbons (Fsp3) is 0.700. The minimum atomic E-state index is -1.07. The van der Waals surface area contributed by atoms with E-state index in [1.807, 2.05) is 0 Å². The maximum atomic E-state index is 11.3. The first kappa shape index (κ1) is 17.7. The van der Waals surface area contributed by atoms with E-state index in [1.54, 1.807) is 0 Å². The molecule has 110 valence electrons. The monoisotopic (exact) mass is 293 g/mol. The van der Waals surface area contributed by atoms with Crippen molar-refractivity contribution in [3.63, 3.8) is 0 Å². The number of methoxy groups -OCH3 is 1. The first-order valence-electron chi connectivity index (χ1n) is 5.60. The lowest BCUT2D eigenvalue weighted by Crippen LogP contribution is -2.41. The first-order chi connectivity index (χ1) is 8.97. The van der Waals surface area contributed by atoms with Crippen molar-refractivity contribution < 1.29 is 24.2 Å². The van der Waals surface area contributed by atoms with Gasteiger partial charge in [0, 0.05) is 13.7 Å². The smallest absolute Gasteiger partial charge is 0.321 e.